The molecule has 0 aliphatic carbocycles. The van der Waals surface area contributed by atoms with E-state index < -0.39 is 86.8 Å². The first-order chi connectivity index (χ1) is 36.1. The zero-order valence-electron chi connectivity index (χ0n) is 45.8. The van der Waals surface area contributed by atoms with Crippen LogP contribution in [0.15, 0.2) is 72.9 Å². The summed E-state index contributed by atoms with van der Waals surface area (Å²) in [5, 5.41) is 86.7. The fraction of sp³-hybridized carbons (Fsp3) is 0.783. The Morgan fingerprint density at radius 2 is 0.959 bits per heavy atom. The van der Waals surface area contributed by atoms with Gasteiger partial charge >= 0.3 is 0 Å². The van der Waals surface area contributed by atoms with Crippen molar-refractivity contribution in [2.75, 3.05) is 19.8 Å². The fourth-order valence-electron chi connectivity index (χ4n) is 9.22. The smallest absolute Gasteiger partial charge is 0.220 e. The predicted octanol–water partition coefficient (Wildman–Crippen LogP) is 9.55. The van der Waals surface area contributed by atoms with Gasteiger partial charge in [-0.15, -0.1) is 0 Å². The first kappa shape index (κ1) is 67.5. The van der Waals surface area contributed by atoms with Crippen molar-refractivity contribution in [1.82, 2.24) is 5.32 Å². The van der Waals surface area contributed by atoms with Gasteiger partial charge in [0, 0.05) is 6.42 Å². The Morgan fingerprint density at radius 1 is 0.514 bits per heavy atom. The lowest BCUT2D eigenvalue weighted by Crippen LogP contribution is -2.65. The number of unbranched alkanes of at least 4 members (excludes halogenated alkanes) is 23. The highest BCUT2D eigenvalue weighted by Gasteiger charge is 2.51. The molecule has 2 heterocycles. The molecule has 428 valence electrons. The van der Waals surface area contributed by atoms with Gasteiger partial charge in [0.25, 0.3) is 0 Å². The topological polar surface area (TPSA) is 228 Å². The molecule has 14 nitrogen and oxygen atoms in total. The minimum absolute atomic E-state index is 0.259. The van der Waals surface area contributed by atoms with E-state index in [9.17, 15) is 45.6 Å². The SMILES string of the molecule is C/C=C/CC/C=C/CC/C=C/C(O)C(COC1OC(CO)C(OC2OC(CO)C(O)C(O)C2O)C(O)C1O)NC(=O)CCCCCCCCCCCCCCCCCC/C=C\C/C=C\C/C=C\CCCCCCC. The fourth-order valence-corrected chi connectivity index (χ4v) is 9.22. The highest BCUT2D eigenvalue weighted by atomic mass is 16.7. The maximum Gasteiger partial charge on any atom is 0.220 e. The molecule has 2 aliphatic rings. The predicted molar refractivity (Wildman–Crippen MR) is 295 cm³/mol. The van der Waals surface area contributed by atoms with Crippen LogP contribution in [0.1, 0.15) is 206 Å². The van der Waals surface area contributed by atoms with Crippen LogP contribution < -0.4 is 5.32 Å². The van der Waals surface area contributed by atoms with E-state index in [0.717, 1.165) is 51.4 Å². The van der Waals surface area contributed by atoms with Crippen LogP contribution in [0.4, 0.5) is 0 Å². The summed E-state index contributed by atoms with van der Waals surface area (Å²) in [5.74, 6) is -0.259. The van der Waals surface area contributed by atoms with Crippen LogP contribution in [0.5, 0.6) is 0 Å². The number of allylic oxidation sites excluding steroid dienone is 11. The third-order valence-corrected chi connectivity index (χ3v) is 13.9. The van der Waals surface area contributed by atoms with E-state index in [2.05, 4.69) is 66.9 Å². The lowest BCUT2D eigenvalue weighted by Gasteiger charge is -2.46. The van der Waals surface area contributed by atoms with E-state index >= 15 is 0 Å². The Labute approximate surface area is 447 Å². The van der Waals surface area contributed by atoms with Crippen LogP contribution in [0.2, 0.25) is 0 Å². The minimum Gasteiger partial charge on any atom is -0.394 e. The monoisotopic (exact) mass is 1050 g/mol. The van der Waals surface area contributed by atoms with Gasteiger partial charge in [0.15, 0.2) is 12.6 Å². The average Bonchev–Trinajstić information content (AvgIpc) is 3.40. The number of carbonyl (C=O) groups excluding carboxylic acids is 1. The molecule has 0 aromatic heterocycles. The number of ether oxygens (including phenoxy) is 4. The number of rotatable bonds is 45. The summed E-state index contributed by atoms with van der Waals surface area (Å²) >= 11 is 0. The van der Waals surface area contributed by atoms with Crippen molar-refractivity contribution in [3.63, 3.8) is 0 Å². The normalized spacial score (nSPS) is 25.8. The molecular weight excluding hydrogens is 943 g/mol. The maximum atomic E-state index is 13.2. The Morgan fingerprint density at radius 3 is 1.49 bits per heavy atom. The molecular formula is C60H105NO13. The zero-order chi connectivity index (χ0) is 53.9. The van der Waals surface area contributed by atoms with E-state index in [0.29, 0.717) is 12.8 Å². The van der Waals surface area contributed by atoms with E-state index in [4.69, 9.17) is 18.9 Å². The van der Waals surface area contributed by atoms with Gasteiger partial charge in [0.2, 0.25) is 5.91 Å². The zero-order valence-corrected chi connectivity index (χ0v) is 45.8. The molecule has 9 N–H and O–H groups in total. The molecule has 2 rings (SSSR count). The summed E-state index contributed by atoms with van der Waals surface area (Å²) in [6.07, 6.45) is 42.9. The molecule has 2 fully saturated rings. The third kappa shape index (κ3) is 31.0. The summed E-state index contributed by atoms with van der Waals surface area (Å²) < 4.78 is 22.7. The second kappa shape index (κ2) is 45.4. The Kier molecular flexibility index (Phi) is 41.5. The van der Waals surface area contributed by atoms with Crippen LogP contribution >= 0.6 is 0 Å². The van der Waals surface area contributed by atoms with Crippen molar-refractivity contribution in [2.24, 2.45) is 0 Å². The van der Waals surface area contributed by atoms with Crippen LogP contribution in [0.25, 0.3) is 0 Å². The van der Waals surface area contributed by atoms with Crippen LogP contribution in [0.3, 0.4) is 0 Å². The molecule has 0 bridgehead atoms. The Bertz CT molecular complexity index is 1520. The Hall–Kier alpha value is -2.57. The number of hydrogen-bond acceptors (Lipinski definition) is 13. The van der Waals surface area contributed by atoms with Crippen molar-refractivity contribution in [2.45, 2.75) is 280 Å². The van der Waals surface area contributed by atoms with Gasteiger partial charge in [0.05, 0.1) is 32.0 Å². The Balaban J connectivity index is 1.63. The summed E-state index contributed by atoms with van der Waals surface area (Å²) in [6, 6.07) is -0.938. The summed E-state index contributed by atoms with van der Waals surface area (Å²) in [5.41, 5.74) is 0. The lowest BCUT2D eigenvalue weighted by molar-refractivity contribution is -0.359. The number of carbonyl (C=O) groups is 1. The molecule has 2 aliphatic heterocycles. The second-order valence-corrected chi connectivity index (χ2v) is 20.4. The molecule has 0 radical (unpaired) electrons. The van der Waals surface area contributed by atoms with Crippen molar-refractivity contribution < 1.29 is 64.6 Å². The van der Waals surface area contributed by atoms with Crippen molar-refractivity contribution in [1.29, 1.82) is 0 Å². The first-order valence-corrected chi connectivity index (χ1v) is 29.1. The maximum absolute atomic E-state index is 13.2. The van der Waals surface area contributed by atoms with Gasteiger partial charge in [-0.05, 0) is 77.6 Å². The second-order valence-electron chi connectivity index (χ2n) is 20.4. The molecule has 0 saturated carbocycles. The first-order valence-electron chi connectivity index (χ1n) is 29.1. The number of aliphatic hydroxyl groups is 8. The molecule has 0 aromatic carbocycles. The summed E-state index contributed by atoms with van der Waals surface area (Å²) in [4.78, 5) is 13.2. The van der Waals surface area contributed by atoms with Gasteiger partial charge in [-0.2, -0.15) is 0 Å². The number of hydrogen-bond donors (Lipinski definition) is 9. The molecule has 0 spiro atoms. The van der Waals surface area contributed by atoms with Crippen molar-refractivity contribution in [3.05, 3.63) is 72.9 Å². The molecule has 12 unspecified atom stereocenters. The van der Waals surface area contributed by atoms with Crippen LogP contribution in [-0.2, 0) is 23.7 Å². The minimum atomic E-state index is -1.79. The van der Waals surface area contributed by atoms with Gasteiger partial charge in [-0.25, -0.2) is 0 Å². The van der Waals surface area contributed by atoms with Gasteiger partial charge in [0.1, 0.15) is 48.8 Å². The van der Waals surface area contributed by atoms with E-state index in [1.54, 1.807) is 6.08 Å². The molecule has 2 saturated heterocycles. The van der Waals surface area contributed by atoms with Crippen molar-refractivity contribution in [3.8, 4) is 0 Å². The number of amides is 1. The molecule has 1 amide bonds. The number of nitrogens with one attached hydrogen (secondary N) is 1. The van der Waals surface area contributed by atoms with Gasteiger partial charge in [-0.1, -0.05) is 195 Å². The largest absolute Gasteiger partial charge is 0.394 e. The lowest BCUT2D eigenvalue weighted by atomic mass is 9.97. The third-order valence-electron chi connectivity index (χ3n) is 13.9. The quantitative estimate of drug-likeness (QED) is 0.0205. The van der Waals surface area contributed by atoms with Crippen molar-refractivity contribution >= 4 is 5.91 Å². The van der Waals surface area contributed by atoms with Crippen LogP contribution in [-0.4, -0.2) is 140 Å². The highest BCUT2D eigenvalue weighted by Crippen LogP contribution is 2.30. The molecule has 14 heteroatoms. The average molecular weight is 1050 g/mol. The van der Waals surface area contributed by atoms with E-state index in [1.807, 2.05) is 19.1 Å². The highest BCUT2D eigenvalue weighted by molar-refractivity contribution is 5.76. The standard InChI is InChI=1S/C60H105NO13/c1-3-5-7-9-11-13-14-15-16-17-18-19-20-21-22-23-24-25-26-27-28-29-30-31-32-33-34-36-38-40-42-44-52(65)61-48(49(64)43-41-39-37-35-12-10-8-6-4-2)47-71-59-57(70)55(68)58(51(46-63)73-59)74-60-56(69)54(67)53(66)50(45-62)72-60/h4,6,12,14-15,17-18,20-21,35,41,43,48-51,53-60,62-64,66-70H,3,5,7-11,13,16,19,22-34,36-40,42,44-47H2,1-2H3,(H,61,65)/b6-4+,15-14-,18-17-,21-20-,35-12+,43-41+. The molecule has 74 heavy (non-hydrogen) atoms. The number of aliphatic hydroxyl groups excluding tert-OH is 8. The molecule has 0 aromatic rings. The van der Waals surface area contributed by atoms with E-state index in [-0.39, 0.29) is 18.9 Å². The molecule has 12 atom stereocenters. The van der Waals surface area contributed by atoms with Gasteiger partial charge < -0.3 is 65.1 Å². The van der Waals surface area contributed by atoms with Crippen LogP contribution in [0, 0.1) is 0 Å². The van der Waals surface area contributed by atoms with Gasteiger partial charge in [-0.3, -0.25) is 4.79 Å². The summed E-state index contributed by atoms with van der Waals surface area (Å²) in [6.45, 7) is 2.51. The summed E-state index contributed by atoms with van der Waals surface area (Å²) in [7, 11) is 0. The van der Waals surface area contributed by atoms with E-state index in [1.165, 1.54) is 122 Å².